The molecular weight excluding hydrogens is 314 g/mol. The van der Waals surface area contributed by atoms with Crippen LogP contribution in [-0.4, -0.2) is 24.7 Å². The molecule has 0 saturated heterocycles. The van der Waals surface area contributed by atoms with E-state index in [0.717, 1.165) is 9.77 Å². The molecule has 106 valence electrons. The van der Waals surface area contributed by atoms with Crippen LogP contribution in [0.3, 0.4) is 0 Å². The van der Waals surface area contributed by atoms with Crippen LogP contribution in [-0.2, 0) is 9.53 Å². The Morgan fingerprint density at radius 2 is 2.20 bits per heavy atom. The van der Waals surface area contributed by atoms with Crippen molar-refractivity contribution >= 4 is 52.0 Å². The number of methoxy groups -OCH3 is 1. The van der Waals surface area contributed by atoms with E-state index in [1.807, 2.05) is 29.8 Å². The van der Waals surface area contributed by atoms with Gasteiger partial charge in [-0.15, -0.1) is 34.4 Å². The van der Waals surface area contributed by atoms with Crippen LogP contribution in [0, 0.1) is 6.92 Å². The molecule has 20 heavy (non-hydrogen) atoms. The highest BCUT2D eigenvalue weighted by atomic mass is 32.2. The van der Waals surface area contributed by atoms with Crippen molar-refractivity contribution in [1.29, 1.82) is 0 Å². The smallest absolute Gasteiger partial charge is 0.350 e. The first kappa shape index (κ1) is 15.1. The van der Waals surface area contributed by atoms with E-state index < -0.39 is 5.97 Å². The summed E-state index contributed by atoms with van der Waals surface area (Å²) in [7, 11) is 1.33. The van der Waals surface area contributed by atoms with Gasteiger partial charge in [0.2, 0.25) is 5.91 Å². The van der Waals surface area contributed by atoms with E-state index in [1.54, 1.807) is 11.3 Å². The SMILES string of the molecule is COC(=O)c1scc(C)c1NC(=O)CSc1cccs1. The lowest BCUT2D eigenvalue weighted by Gasteiger charge is -2.06. The molecule has 2 aromatic rings. The molecule has 0 aliphatic heterocycles. The first-order chi connectivity index (χ1) is 9.61. The van der Waals surface area contributed by atoms with Crippen LogP contribution in [0.25, 0.3) is 0 Å². The minimum Gasteiger partial charge on any atom is -0.465 e. The van der Waals surface area contributed by atoms with Crippen molar-refractivity contribution in [3.63, 3.8) is 0 Å². The van der Waals surface area contributed by atoms with Crippen molar-refractivity contribution in [2.24, 2.45) is 0 Å². The first-order valence-corrected chi connectivity index (χ1v) is 8.49. The average Bonchev–Trinajstić information content (AvgIpc) is 3.07. The molecule has 0 fully saturated rings. The number of amides is 1. The van der Waals surface area contributed by atoms with Crippen molar-refractivity contribution in [2.45, 2.75) is 11.1 Å². The Kier molecular flexibility index (Phi) is 5.22. The molecule has 0 bridgehead atoms. The number of hydrogen-bond donors (Lipinski definition) is 1. The van der Waals surface area contributed by atoms with Crippen molar-refractivity contribution < 1.29 is 14.3 Å². The molecule has 0 aromatic carbocycles. The van der Waals surface area contributed by atoms with Gasteiger partial charge >= 0.3 is 5.97 Å². The highest BCUT2D eigenvalue weighted by Gasteiger charge is 2.18. The second kappa shape index (κ2) is 6.92. The molecule has 0 unspecified atom stereocenters. The lowest BCUT2D eigenvalue weighted by Crippen LogP contribution is -2.16. The predicted molar refractivity (Wildman–Crippen MR) is 84.1 cm³/mol. The summed E-state index contributed by atoms with van der Waals surface area (Å²) in [6, 6.07) is 3.92. The quantitative estimate of drug-likeness (QED) is 0.673. The van der Waals surface area contributed by atoms with Crippen molar-refractivity contribution in [1.82, 2.24) is 0 Å². The molecule has 7 heteroatoms. The molecule has 2 rings (SSSR count). The summed E-state index contributed by atoms with van der Waals surface area (Å²) in [4.78, 5) is 24.0. The zero-order valence-corrected chi connectivity index (χ0v) is 13.4. The third-order valence-electron chi connectivity index (χ3n) is 2.45. The highest BCUT2D eigenvalue weighted by molar-refractivity contribution is 8.01. The molecular formula is C13H13NO3S3. The van der Waals surface area contributed by atoms with Gasteiger partial charge in [0.15, 0.2) is 0 Å². The van der Waals surface area contributed by atoms with Gasteiger partial charge in [0.1, 0.15) is 4.88 Å². The second-order valence-corrected chi connectivity index (χ2v) is 6.99. The molecule has 0 atom stereocenters. The third kappa shape index (κ3) is 3.62. The van der Waals surface area contributed by atoms with E-state index in [4.69, 9.17) is 4.74 Å². The molecule has 4 nitrogen and oxygen atoms in total. The maximum absolute atomic E-state index is 11.9. The Labute approximate surface area is 129 Å². The van der Waals surface area contributed by atoms with E-state index in [9.17, 15) is 9.59 Å². The van der Waals surface area contributed by atoms with Crippen molar-refractivity contribution in [2.75, 3.05) is 18.2 Å². The summed E-state index contributed by atoms with van der Waals surface area (Å²) in [6.45, 7) is 1.85. The number of carbonyl (C=O) groups is 2. The maximum atomic E-state index is 11.9. The number of aryl methyl sites for hydroxylation is 1. The van der Waals surface area contributed by atoms with Crippen LogP contribution < -0.4 is 5.32 Å². The molecule has 2 aromatic heterocycles. The Balaban J connectivity index is 2.00. The molecule has 1 N–H and O–H groups in total. The second-order valence-electron chi connectivity index (χ2n) is 3.88. The van der Waals surface area contributed by atoms with Gasteiger partial charge in [-0.3, -0.25) is 4.79 Å². The van der Waals surface area contributed by atoms with Gasteiger partial charge < -0.3 is 10.1 Å². The first-order valence-electron chi connectivity index (χ1n) is 5.74. The maximum Gasteiger partial charge on any atom is 0.350 e. The fourth-order valence-corrected chi connectivity index (χ4v) is 4.01. The largest absolute Gasteiger partial charge is 0.465 e. The third-order valence-corrected chi connectivity index (χ3v) is 5.66. The summed E-state index contributed by atoms with van der Waals surface area (Å²) in [6.07, 6.45) is 0. The van der Waals surface area contributed by atoms with Gasteiger partial charge in [-0.2, -0.15) is 0 Å². The van der Waals surface area contributed by atoms with Gasteiger partial charge in [0, 0.05) is 0 Å². The Morgan fingerprint density at radius 1 is 1.40 bits per heavy atom. The normalized spacial score (nSPS) is 10.3. The number of ether oxygens (including phenoxy) is 1. The topological polar surface area (TPSA) is 55.4 Å². The van der Waals surface area contributed by atoms with E-state index >= 15 is 0 Å². The molecule has 0 saturated carbocycles. The summed E-state index contributed by atoms with van der Waals surface area (Å²) >= 11 is 4.35. The number of anilines is 1. The molecule has 0 radical (unpaired) electrons. The van der Waals surface area contributed by atoms with E-state index in [0.29, 0.717) is 16.3 Å². The summed E-state index contributed by atoms with van der Waals surface area (Å²) in [5.74, 6) is -0.240. The summed E-state index contributed by atoms with van der Waals surface area (Å²) in [5, 5.41) is 6.59. The molecule has 1 amide bonds. The molecule has 0 spiro atoms. The number of rotatable bonds is 5. The minimum absolute atomic E-state index is 0.130. The number of thiophene rings is 2. The minimum atomic E-state index is -0.427. The Hall–Kier alpha value is -1.31. The van der Waals surface area contributed by atoms with Gasteiger partial charge in [-0.25, -0.2) is 4.79 Å². The van der Waals surface area contributed by atoms with Crippen LogP contribution in [0.4, 0.5) is 5.69 Å². The monoisotopic (exact) mass is 327 g/mol. The number of esters is 1. The van der Waals surface area contributed by atoms with Gasteiger partial charge in [-0.05, 0) is 29.3 Å². The van der Waals surface area contributed by atoms with E-state index in [2.05, 4.69) is 5.32 Å². The highest BCUT2D eigenvalue weighted by Crippen LogP contribution is 2.29. The molecule has 0 aliphatic rings. The zero-order chi connectivity index (χ0) is 14.5. The van der Waals surface area contributed by atoms with Crippen LogP contribution in [0.1, 0.15) is 15.2 Å². The fraction of sp³-hybridized carbons (Fsp3) is 0.231. The Morgan fingerprint density at radius 3 is 2.85 bits per heavy atom. The lowest BCUT2D eigenvalue weighted by atomic mass is 10.2. The van der Waals surface area contributed by atoms with Gasteiger partial charge in [-0.1, -0.05) is 6.07 Å². The van der Waals surface area contributed by atoms with Crippen LogP contribution in [0.2, 0.25) is 0 Å². The summed E-state index contributed by atoms with van der Waals surface area (Å²) in [5.41, 5.74) is 1.42. The Bertz CT molecular complexity index is 604. The number of nitrogens with one attached hydrogen (secondary N) is 1. The number of thioether (sulfide) groups is 1. The number of carbonyl (C=O) groups excluding carboxylic acids is 2. The molecule has 0 aliphatic carbocycles. The van der Waals surface area contributed by atoms with Crippen molar-refractivity contribution in [3.8, 4) is 0 Å². The average molecular weight is 327 g/mol. The molecule has 2 heterocycles. The van der Waals surface area contributed by atoms with Crippen molar-refractivity contribution in [3.05, 3.63) is 33.3 Å². The summed E-state index contributed by atoms with van der Waals surface area (Å²) < 4.78 is 5.80. The van der Waals surface area contributed by atoms with Crippen LogP contribution >= 0.6 is 34.4 Å². The fourth-order valence-electron chi connectivity index (χ4n) is 1.50. The van der Waals surface area contributed by atoms with E-state index in [-0.39, 0.29) is 5.91 Å². The van der Waals surface area contributed by atoms with Crippen LogP contribution in [0.15, 0.2) is 27.1 Å². The zero-order valence-electron chi connectivity index (χ0n) is 11.0. The lowest BCUT2D eigenvalue weighted by molar-refractivity contribution is -0.113. The van der Waals surface area contributed by atoms with Gasteiger partial charge in [0.25, 0.3) is 0 Å². The van der Waals surface area contributed by atoms with Gasteiger partial charge in [0.05, 0.1) is 22.8 Å². The van der Waals surface area contributed by atoms with E-state index in [1.165, 1.54) is 30.2 Å². The van der Waals surface area contributed by atoms with Crippen LogP contribution in [0.5, 0.6) is 0 Å². The number of hydrogen-bond acceptors (Lipinski definition) is 6. The standard InChI is InChI=1S/C13H13NO3S3/c1-8-6-20-12(13(16)17-2)11(8)14-9(15)7-19-10-4-3-5-18-10/h3-6H,7H2,1-2H3,(H,14,15). The predicted octanol–water partition coefficient (Wildman–Crippen LogP) is 3.64.